The molecule has 0 saturated carbocycles. The molecule has 0 fully saturated rings. The van der Waals surface area contributed by atoms with E-state index >= 15 is 0 Å². The summed E-state index contributed by atoms with van der Waals surface area (Å²) in [5, 5.41) is 14.5. The summed E-state index contributed by atoms with van der Waals surface area (Å²) in [4.78, 5) is 39.6. The lowest BCUT2D eigenvalue weighted by atomic mass is 10.0. The quantitative estimate of drug-likeness (QED) is 0.325. The van der Waals surface area contributed by atoms with Crippen molar-refractivity contribution in [3.8, 4) is 0 Å². The summed E-state index contributed by atoms with van der Waals surface area (Å²) in [7, 11) is 0. The van der Waals surface area contributed by atoms with Crippen LogP contribution in [0.4, 0.5) is 5.69 Å². The standard InChI is InChI=1S/C28H31N3O4/c1-3-16-29-28(33)26(18-22-11-5-4-6-12-22)30(20-23-13-9-10-21(2)17-23)27(32)19-24-14-7-8-15-25(24)31(34)35/h4-15,17,26H,3,16,18-20H2,1-2H3,(H,29,33). The number of nitrogens with zero attached hydrogens (tertiary/aromatic N) is 2. The molecule has 1 N–H and O–H groups in total. The molecule has 3 aromatic rings. The molecule has 1 atom stereocenters. The van der Waals surface area contributed by atoms with Crippen molar-refractivity contribution in [3.05, 3.63) is 111 Å². The number of benzene rings is 3. The molecule has 0 aliphatic heterocycles. The van der Waals surface area contributed by atoms with E-state index in [9.17, 15) is 19.7 Å². The van der Waals surface area contributed by atoms with E-state index in [4.69, 9.17) is 0 Å². The summed E-state index contributed by atoms with van der Waals surface area (Å²) >= 11 is 0. The third-order valence-electron chi connectivity index (χ3n) is 5.79. The lowest BCUT2D eigenvalue weighted by molar-refractivity contribution is -0.385. The summed E-state index contributed by atoms with van der Waals surface area (Å²) in [6.07, 6.45) is 0.936. The van der Waals surface area contributed by atoms with Crippen molar-refractivity contribution in [3.63, 3.8) is 0 Å². The van der Waals surface area contributed by atoms with Crippen LogP contribution in [0.25, 0.3) is 0 Å². The van der Waals surface area contributed by atoms with Crippen LogP contribution in [0, 0.1) is 17.0 Å². The number of carbonyl (C=O) groups is 2. The van der Waals surface area contributed by atoms with E-state index in [1.807, 2.05) is 68.4 Å². The SMILES string of the molecule is CCCNC(=O)C(Cc1ccccc1)N(Cc1cccc(C)c1)C(=O)Cc1ccccc1[N+](=O)[O-]. The molecule has 35 heavy (non-hydrogen) atoms. The average Bonchev–Trinajstić information content (AvgIpc) is 2.85. The maximum absolute atomic E-state index is 13.7. The molecule has 182 valence electrons. The van der Waals surface area contributed by atoms with Gasteiger partial charge in [-0.1, -0.05) is 85.3 Å². The Balaban J connectivity index is 2.00. The molecule has 0 bridgehead atoms. The lowest BCUT2D eigenvalue weighted by Gasteiger charge is -2.31. The van der Waals surface area contributed by atoms with Gasteiger partial charge in [0.2, 0.25) is 11.8 Å². The highest BCUT2D eigenvalue weighted by atomic mass is 16.6. The zero-order valence-corrected chi connectivity index (χ0v) is 20.1. The van der Waals surface area contributed by atoms with Crippen LogP contribution in [0.5, 0.6) is 0 Å². The van der Waals surface area contributed by atoms with Gasteiger partial charge >= 0.3 is 0 Å². The smallest absolute Gasteiger partial charge is 0.273 e. The molecule has 0 radical (unpaired) electrons. The lowest BCUT2D eigenvalue weighted by Crippen LogP contribution is -2.51. The molecule has 0 aliphatic carbocycles. The van der Waals surface area contributed by atoms with E-state index < -0.39 is 11.0 Å². The first-order valence-corrected chi connectivity index (χ1v) is 11.8. The van der Waals surface area contributed by atoms with E-state index in [0.29, 0.717) is 18.5 Å². The molecule has 3 aromatic carbocycles. The highest BCUT2D eigenvalue weighted by Gasteiger charge is 2.31. The number of amides is 2. The van der Waals surface area contributed by atoms with E-state index in [0.717, 1.165) is 23.1 Å². The minimum Gasteiger partial charge on any atom is -0.354 e. The van der Waals surface area contributed by atoms with E-state index in [2.05, 4.69) is 5.32 Å². The number of nitro benzene ring substituents is 1. The van der Waals surface area contributed by atoms with E-state index in [1.54, 1.807) is 23.1 Å². The van der Waals surface area contributed by atoms with Crippen molar-refractivity contribution in [1.82, 2.24) is 10.2 Å². The van der Waals surface area contributed by atoms with E-state index in [1.165, 1.54) is 6.07 Å². The van der Waals surface area contributed by atoms with Crippen molar-refractivity contribution in [2.24, 2.45) is 0 Å². The summed E-state index contributed by atoms with van der Waals surface area (Å²) in [5.74, 6) is -0.576. The fraction of sp³-hybridized carbons (Fsp3) is 0.286. The van der Waals surface area contributed by atoms with Crippen LogP contribution in [0.1, 0.15) is 35.6 Å². The summed E-state index contributed by atoms with van der Waals surface area (Å²) in [6.45, 7) is 4.66. The van der Waals surface area contributed by atoms with Gasteiger partial charge in [0.15, 0.2) is 0 Å². The molecule has 1 unspecified atom stereocenters. The average molecular weight is 474 g/mol. The predicted octanol–water partition coefficient (Wildman–Crippen LogP) is 4.61. The van der Waals surface area contributed by atoms with Gasteiger partial charge in [0.1, 0.15) is 6.04 Å². The first kappa shape index (κ1) is 25.6. The van der Waals surface area contributed by atoms with E-state index in [-0.39, 0.29) is 30.5 Å². The van der Waals surface area contributed by atoms with Gasteiger partial charge in [-0.25, -0.2) is 0 Å². The Morgan fingerprint density at radius 1 is 0.971 bits per heavy atom. The van der Waals surface area contributed by atoms with Crippen LogP contribution in [0.2, 0.25) is 0 Å². The Morgan fingerprint density at radius 3 is 2.34 bits per heavy atom. The molecule has 7 heteroatoms. The van der Waals surface area contributed by atoms with Gasteiger partial charge in [-0.15, -0.1) is 0 Å². The number of para-hydroxylation sites is 1. The molecular formula is C28H31N3O4. The summed E-state index contributed by atoms with van der Waals surface area (Å²) < 4.78 is 0. The molecule has 3 rings (SSSR count). The molecule has 0 heterocycles. The Bertz CT molecular complexity index is 1160. The normalized spacial score (nSPS) is 11.5. The highest BCUT2D eigenvalue weighted by Crippen LogP contribution is 2.22. The van der Waals surface area contributed by atoms with Gasteiger partial charge in [-0.2, -0.15) is 0 Å². The minimum absolute atomic E-state index is 0.105. The number of nitrogens with one attached hydrogen (secondary N) is 1. The van der Waals surface area contributed by atoms with Crippen molar-refractivity contribution in [2.75, 3.05) is 6.54 Å². The van der Waals surface area contributed by atoms with Gasteiger partial charge in [0.05, 0.1) is 11.3 Å². The third kappa shape index (κ3) is 7.24. The zero-order valence-electron chi connectivity index (χ0n) is 20.1. The second-order valence-corrected chi connectivity index (χ2v) is 8.57. The van der Waals surface area contributed by atoms with Crippen LogP contribution in [0.3, 0.4) is 0 Å². The van der Waals surface area contributed by atoms with Gasteiger partial charge in [0, 0.05) is 31.1 Å². The first-order valence-electron chi connectivity index (χ1n) is 11.8. The number of hydrogen-bond donors (Lipinski definition) is 1. The van der Waals surface area contributed by atoms with Crippen LogP contribution >= 0.6 is 0 Å². The number of aryl methyl sites for hydroxylation is 1. The van der Waals surface area contributed by atoms with Gasteiger partial charge in [0.25, 0.3) is 5.69 Å². The van der Waals surface area contributed by atoms with Crippen molar-refractivity contribution < 1.29 is 14.5 Å². The Kier molecular flexibility index (Phi) is 9.12. The molecule has 0 aromatic heterocycles. The second-order valence-electron chi connectivity index (χ2n) is 8.57. The van der Waals surface area contributed by atoms with Crippen LogP contribution in [-0.4, -0.2) is 34.2 Å². The fourth-order valence-electron chi connectivity index (χ4n) is 4.03. The highest BCUT2D eigenvalue weighted by molar-refractivity contribution is 5.89. The molecule has 0 aliphatic rings. The number of nitro groups is 1. The number of carbonyl (C=O) groups excluding carboxylic acids is 2. The Labute approximate surface area is 205 Å². The number of hydrogen-bond acceptors (Lipinski definition) is 4. The largest absolute Gasteiger partial charge is 0.354 e. The molecule has 0 spiro atoms. The maximum atomic E-state index is 13.7. The van der Waals surface area contributed by atoms with Crippen molar-refractivity contribution in [1.29, 1.82) is 0 Å². The second kappa shape index (κ2) is 12.5. The van der Waals surface area contributed by atoms with Crippen LogP contribution in [0.15, 0.2) is 78.9 Å². The summed E-state index contributed by atoms with van der Waals surface area (Å²) in [6, 6.07) is 22.8. The Hall–Kier alpha value is -4.00. The number of rotatable bonds is 11. The molecule has 7 nitrogen and oxygen atoms in total. The fourth-order valence-corrected chi connectivity index (χ4v) is 4.03. The molecular weight excluding hydrogens is 442 g/mol. The topological polar surface area (TPSA) is 92.6 Å². The molecule has 0 saturated heterocycles. The zero-order chi connectivity index (χ0) is 25.2. The monoisotopic (exact) mass is 473 g/mol. The Morgan fingerprint density at radius 2 is 1.66 bits per heavy atom. The van der Waals surface area contributed by atoms with Crippen molar-refractivity contribution in [2.45, 2.75) is 45.7 Å². The van der Waals surface area contributed by atoms with Gasteiger partial charge in [-0.3, -0.25) is 19.7 Å². The third-order valence-corrected chi connectivity index (χ3v) is 5.79. The van der Waals surface area contributed by atoms with Gasteiger partial charge in [-0.05, 0) is 24.5 Å². The minimum atomic E-state index is -0.764. The summed E-state index contributed by atoms with van der Waals surface area (Å²) in [5.41, 5.74) is 3.08. The van der Waals surface area contributed by atoms with Crippen LogP contribution in [-0.2, 0) is 29.0 Å². The van der Waals surface area contributed by atoms with Crippen molar-refractivity contribution >= 4 is 17.5 Å². The predicted molar refractivity (Wildman–Crippen MR) is 136 cm³/mol. The maximum Gasteiger partial charge on any atom is 0.273 e. The molecule has 2 amide bonds. The first-order chi connectivity index (χ1) is 16.9. The van der Waals surface area contributed by atoms with Crippen LogP contribution < -0.4 is 5.32 Å². The van der Waals surface area contributed by atoms with Gasteiger partial charge < -0.3 is 10.2 Å².